The zero-order chi connectivity index (χ0) is 18.8. The zero-order valence-corrected chi connectivity index (χ0v) is 15.4. The van der Waals surface area contributed by atoms with Crippen LogP contribution >= 0.6 is 0 Å². The lowest BCUT2D eigenvalue weighted by atomic mass is 9.99. The third kappa shape index (κ3) is 3.22. The van der Waals surface area contributed by atoms with E-state index in [1.54, 1.807) is 36.1 Å². The van der Waals surface area contributed by atoms with Gasteiger partial charge in [-0.1, -0.05) is 12.1 Å². The van der Waals surface area contributed by atoms with Crippen molar-refractivity contribution in [2.75, 3.05) is 26.2 Å². The SMILES string of the molecule is COC(=O)c1cc(C)c2c(c1)N(C)C(=O)N(Cc1ccc(OC)cc1)C2. The predicted octanol–water partition coefficient (Wildman–Crippen LogP) is 3.36. The molecule has 0 unspecified atom stereocenters. The first-order chi connectivity index (χ1) is 12.4. The largest absolute Gasteiger partial charge is 0.497 e. The van der Waals surface area contributed by atoms with Crippen LogP contribution in [-0.4, -0.2) is 38.2 Å². The molecule has 2 aromatic carbocycles. The summed E-state index contributed by atoms with van der Waals surface area (Å²) in [5.41, 5.74) is 4.23. The summed E-state index contributed by atoms with van der Waals surface area (Å²) in [6.45, 7) is 2.95. The third-order valence-corrected chi connectivity index (χ3v) is 4.67. The molecule has 0 N–H and O–H groups in total. The number of hydrogen-bond donors (Lipinski definition) is 0. The van der Waals surface area contributed by atoms with Gasteiger partial charge in [0.2, 0.25) is 0 Å². The second kappa shape index (κ2) is 7.07. The van der Waals surface area contributed by atoms with Crippen LogP contribution in [0.2, 0.25) is 0 Å². The fraction of sp³-hybridized carbons (Fsp3) is 0.300. The van der Waals surface area contributed by atoms with Crippen LogP contribution in [0.3, 0.4) is 0 Å². The number of hydrogen-bond acceptors (Lipinski definition) is 4. The van der Waals surface area contributed by atoms with Gasteiger partial charge < -0.3 is 14.4 Å². The molecule has 0 saturated carbocycles. The van der Waals surface area contributed by atoms with E-state index in [4.69, 9.17) is 9.47 Å². The standard InChI is InChI=1S/C20H22N2O4/c1-13-9-15(19(23)26-4)10-18-17(13)12-22(20(24)21(18)2)11-14-5-7-16(25-3)8-6-14/h5-10H,11-12H2,1-4H3. The van der Waals surface area contributed by atoms with Crippen molar-refractivity contribution in [3.8, 4) is 5.75 Å². The Kier molecular flexibility index (Phi) is 4.84. The third-order valence-electron chi connectivity index (χ3n) is 4.67. The number of carbonyl (C=O) groups excluding carboxylic acids is 2. The van der Waals surface area contributed by atoms with Crippen LogP contribution in [0.15, 0.2) is 36.4 Å². The number of esters is 1. The molecule has 1 heterocycles. The van der Waals surface area contributed by atoms with Gasteiger partial charge in [0.1, 0.15) is 5.75 Å². The number of methoxy groups -OCH3 is 2. The Hall–Kier alpha value is -3.02. The number of anilines is 1. The van der Waals surface area contributed by atoms with Crippen molar-refractivity contribution in [3.63, 3.8) is 0 Å². The molecule has 1 aliphatic heterocycles. The number of fused-ring (bicyclic) bond motifs is 1. The first-order valence-electron chi connectivity index (χ1n) is 8.32. The Morgan fingerprint density at radius 3 is 2.46 bits per heavy atom. The highest BCUT2D eigenvalue weighted by molar-refractivity contribution is 5.98. The van der Waals surface area contributed by atoms with Gasteiger partial charge in [0, 0.05) is 13.6 Å². The quantitative estimate of drug-likeness (QED) is 0.790. The second-order valence-corrected chi connectivity index (χ2v) is 6.33. The highest BCUT2D eigenvalue weighted by Crippen LogP contribution is 2.32. The average Bonchev–Trinajstić information content (AvgIpc) is 2.66. The summed E-state index contributed by atoms with van der Waals surface area (Å²) in [6, 6.07) is 11.1. The van der Waals surface area contributed by atoms with Crippen LogP contribution in [0, 0.1) is 6.92 Å². The van der Waals surface area contributed by atoms with Gasteiger partial charge in [-0.3, -0.25) is 4.90 Å². The molecule has 0 fully saturated rings. The molecule has 0 saturated heterocycles. The van der Waals surface area contributed by atoms with Crippen molar-refractivity contribution in [2.45, 2.75) is 20.0 Å². The predicted molar refractivity (Wildman–Crippen MR) is 98.6 cm³/mol. The minimum Gasteiger partial charge on any atom is -0.497 e. The number of benzene rings is 2. The van der Waals surface area contributed by atoms with E-state index >= 15 is 0 Å². The van der Waals surface area contributed by atoms with E-state index < -0.39 is 5.97 Å². The summed E-state index contributed by atoms with van der Waals surface area (Å²) in [5.74, 6) is 0.379. The number of amides is 2. The van der Waals surface area contributed by atoms with E-state index in [0.717, 1.165) is 28.1 Å². The van der Waals surface area contributed by atoms with Crippen LogP contribution in [0.1, 0.15) is 27.0 Å². The zero-order valence-electron chi connectivity index (χ0n) is 15.4. The van der Waals surface area contributed by atoms with E-state index in [1.165, 1.54) is 7.11 Å². The van der Waals surface area contributed by atoms with Gasteiger partial charge in [-0.25, -0.2) is 9.59 Å². The van der Waals surface area contributed by atoms with E-state index in [-0.39, 0.29) is 6.03 Å². The molecule has 0 spiro atoms. The lowest BCUT2D eigenvalue weighted by Gasteiger charge is -2.36. The Bertz CT molecular complexity index is 846. The molecule has 2 aromatic rings. The van der Waals surface area contributed by atoms with E-state index in [0.29, 0.717) is 18.7 Å². The fourth-order valence-corrected chi connectivity index (χ4v) is 3.19. The van der Waals surface area contributed by atoms with Gasteiger partial charge in [0.05, 0.1) is 32.0 Å². The van der Waals surface area contributed by atoms with Crippen LogP contribution in [0.4, 0.5) is 10.5 Å². The topological polar surface area (TPSA) is 59.1 Å². The Morgan fingerprint density at radius 1 is 1.15 bits per heavy atom. The molecular weight excluding hydrogens is 332 g/mol. The maximum atomic E-state index is 12.8. The van der Waals surface area contributed by atoms with Crippen molar-refractivity contribution in [1.29, 1.82) is 0 Å². The average molecular weight is 354 g/mol. The Morgan fingerprint density at radius 2 is 1.85 bits per heavy atom. The van der Waals surface area contributed by atoms with Crippen LogP contribution in [0.5, 0.6) is 5.75 Å². The van der Waals surface area contributed by atoms with Crippen molar-refractivity contribution in [2.24, 2.45) is 0 Å². The smallest absolute Gasteiger partial charge is 0.337 e. The second-order valence-electron chi connectivity index (χ2n) is 6.33. The molecule has 0 bridgehead atoms. The lowest BCUT2D eigenvalue weighted by Crippen LogP contribution is -2.45. The minimum atomic E-state index is -0.405. The Balaban J connectivity index is 1.89. The molecule has 6 heteroatoms. The maximum Gasteiger partial charge on any atom is 0.337 e. The normalized spacial score (nSPS) is 13.5. The molecule has 0 aromatic heterocycles. The number of carbonyl (C=O) groups is 2. The first-order valence-corrected chi connectivity index (χ1v) is 8.32. The molecule has 2 amide bonds. The summed E-state index contributed by atoms with van der Waals surface area (Å²) in [4.78, 5) is 28.0. The highest BCUT2D eigenvalue weighted by Gasteiger charge is 2.30. The van der Waals surface area contributed by atoms with Crippen LogP contribution in [-0.2, 0) is 17.8 Å². The van der Waals surface area contributed by atoms with Gasteiger partial charge in [-0.15, -0.1) is 0 Å². The molecule has 0 aliphatic carbocycles. The van der Waals surface area contributed by atoms with Crippen LogP contribution < -0.4 is 9.64 Å². The summed E-state index contributed by atoms with van der Waals surface area (Å²) in [5, 5.41) is 0. The number of nitrogens with zero attached hydrogens (tertiary/aromatic N) is 2. The van der Waals surface area contributed by atoms with E-state index in [9.17, 15) is 9.59 Å². The molecule has 26 heavy (non-hydrogen) atoms. The van der Waals surface area contributed by atoms with Crippen molar-refractivity contribution < 1.29 is 19.1 Å². The molecule has 136 valence electrons. The van der Waals surface area contributed by atoms with Gasteiger partial charge >= 0.3 is 12.0 Å². The number of ether oxygens (including phenoxy) is 2. The Labute approximate surface area is 152 Å². The van der Waals surface area contributed by atoms with E-state index in [2.05, 4.69) is 0 Å². The number of urea groups is 1. The molecule has 0 radical (unpaired) electrons. The van der Waals surface area contributed by atoms with E-state index in [1.807, 2.05) is 31.2 Å². The van der Waals surface area contributed by atoms with Crippen molar-refractivity contribution in [3.05, 3.63) is 58.7 Å². The van der Waals surface area contributed by atoms with Crippen molar-refractivity contribution >= 4 is 17.7 Å². The molecule has 0 atom stereocenters. The minimum absolute atomic E-state index is 0.102. The van der Waals surface area contributed by atoms with Crippen molar-refractivity contribution in [1.82, 2.24) is 4.90 Å². The number of aryl methyl sites for hydroxylation is 1. The molecular formula is C20H22N2O4. The van der Waals surface area contributed by atoms with Crippen LogP contribution in [0.25, 0.3) is 0 Å². The molecule has 3 rings (SSSR count). The van der Waals surface area contributed by atoms with Gasteiger partial charge in [0.25, 0.3) is 0 Å². The number of rotatable bonds is 4. The molecule has 1 aliphatic rings. The summed E-state index contributed by atoms with van der Waals surface area (Å²) >= 11 is 0. The lowest BCUT2D eigenvalue weighted by molar-refractivity contribution is 0.0600. The summed E-state index contributed by atoms with van der Waals surface area (Å²) in [6.07, 6.45) is 0. The maximum absolute atomic E-state index is 12.8. The summed E-state index contributed by atoms with van der Waals surface area (Å²) in [7, 11) is 4.70. The first kappa shape index (κ1) is 17.8. The van der Waals surface area contributed by atoms with Gasteiger partial charge in [0.15, 0.2) is 0 Å². The molecule has 6 nitrogen and oxygen atoms in total. The van der Waals surface area contributed by atoms with Gasteiger partial charge in [-0.05, 0) is 47.9 Å². The highest BCUT2D eigenvalue weighted by atomic mass is 16.5. The monoisotopic (exact) mass is 354 g/mol. The summed E-state index contributed by atoms with van der Waals surface area (Å²) < 4.78 is 9.97. The fourth-order valence-electron chi connectivity index (χ4n) is 3.19. The van der Waals surface area contributed by atoms with Gasteiger partial charge in [-0.2, -0.15) is 0 Å².